The SMILES string of the molecule is C.CCC[CH2][Zr+2]([CH3])([C]1=CC=CC1)[CH]1c2ccccc2-c2ccccc21.[Cl-].[Cl-]. The maximum absolute atomic E-state index is 2.72. The average Bonchev–Trinajstić information content (AvgIpc) is 3.26. The largest absolute Gasteiger partial charge is 1.00 e. The van der Waals surface area contributed by atoms with Crippen LogP contribution in [0.25, 0.3) is 11.1 Å². The van der Waals surface area contributed by atoms with Crippen molar-refractivity contribution in [2.45, 2.75) is 46.0 Å². The maximum atomic E-state index is 2.72. The molecule has 144 valence electrons. The second-order valence-corrected chi connectivity index (χ2v) is 18.6. The molecule has 0 saturated heterocycles. The van der Waals surface area contributed by atoms with E-state index < -0.39 is 20.3 Å². The third kappa shape index (κ3) is 4.21. The second kappa shape index (κ2) is 10.2. The van der Waals surface area contributed by atoms with Crippen molar-refractivity contribution in [3.05, 3.63) is 81.2 Å². The number of rotatable bonds is 5. The Morgan fingerprint density at radius 3 is 1.96 bits per heavy atom. The van der Waals surface area contributed by atoms with Gasteiger partial charge in [-0.1, -0.05) is 7.43 Å². The molecule has 0 nitrogen and oxygen atoms in total. The number of allylic oxidation sites excluding steroid dienone is 4. The van der Waals surface area contributed by atoms with Gasteiger partial charge in [0.15, 0.2) is 0 Å². The molecule has 2 aliphatic carbocycles. The third-order valence-electron chi connectivity index (χ3n) is 6.03. The van der Waals surface area contributed by atoms with E-state index in [0.717, 1.165) is 0 Å². The number of halogens is 2. The zero-order valence-electron chi connectivity index (χ0n) is 15.5. The summed E-state index contributed by atoms with van der Waals surface area (Å²) in [4.78, 5) is 0. The summed E-state index contributed by atoms with van der Waals surface area (Å²) in [6.45, 7) is 2.34. The van der Waals surface area contributed by atoms with E-state index in [1.165, 1.54) is 34.5 Å². The van der Waals surface area contributed by atoms with Gasteiger partial charge in [-0.15, -0.1) is 0 Å². The minimum Gasteiger partial charge on any atom is -1.00 e. The van der Waals surface area contributed by atoms with Gasteiger partial charge in [-0.25, -0.2) is 0 Å². The summed E-state index contributed by atoms with van der Waals surface area (Å²) < 4.78 is 6.68. The Labute approximate surface area is 182 Å². The van der Waals surface area contributed by atoms with Crippen LogP contribution < -0.4 is 24.8 Å². The van der Waals surface area contributed by atoms with E-state index in [4.69, 9.17) is 0 Å². The van der Waals surface area contributed by atoms with Crippen LogP contribution in [-0.2, 0) is 20.3 Å². The number of unbranched alkanes of at least 4 members (excludes halogenated alkanes) is 1. The molecule has 0 N–H and O–H groups in total. The Kier molecular flexibility index (Phi) is 9.26. The molecular formula is C24H30Cl2Zr. The number of benzene rings is 2. The van der Waals surface area contributed by atoms with Crippen molar-refractivity contribution in [1.29, 1.82) is 0 Å². The zero-order valence-corrected chi connectivity index (χ0v) is 19.5. The molecule has 0 radical (unpaired) electrons. The van der Waals surface area contributed by atoms with Crippen molar-refractivity contribution in [2.24, 2.45) is 0 Å². The molecule has 0 fully saturated rings. The third-order valence-corrected chi connectivity index (χ3v) is 18.6. The zero-order chi connectivity index (χ0) is 16.6. The van der Waals surface area contributed by atoms with Crippen molar-refractivity contribution in [2.75, 3.05) is 0 Å². The number of fused-ring (bicyclic) bond motifs is 3. The standard InChI is InChI=1S/C13H9.C5H5.C4H9.CH4.CH3.2ClH.Zr/c1-3-7-12-10(5-1)9-11-6-2-4-8-13(11)12;1-2-4-5-3-1;1-3-4-2;;;;;/h1-9H;1-3H,4H2;1,3-4H2,2H3;1H4;1H3;2*1H;/q;;;;;;;+2/p-2. The van der Waals surface area contributed by atoms with E-state index in [2.05, 4.69) is 78.3 Å². The molecule has 4 rings (SSSR count). The molecule has 2 aromatic carbocycles. The summed E-state index contributed by atoms with van der Waals surface area (Å²) in [7, 11) is 0. The quantitative estimate of drug-likeness (QED) is 0.611. The summed E-state index contributed by atoms with van der Waals surface area (Å²) in [6.07, 6.45) is 11.0. The topological polar surface area (TPSA) is 0 Å². The van der Waals surface area contributed by atoms with Crippen LogP contribution >= 0.6 is 0 Å². The molecule has 0 aliphatic heterocycles. The van der Waals surface area contributed by atoms with Crippen molar-refractivity contribution < 1.29 is 45.1 Å². The van der Waals surface area contributed by atoms with Crippen molar-refractivity contribution >= 4 is 0 Å². The molecular weight excluding hydrogens is 450 g/mol. The van der Waals surface area contributed by atoms with Crippen molar-refractivity contribution in [1.82, 2.24) is 0 Å². The number of hydrogen-bond donors (Lipinski definition) is 0. The average molecular weight is 481 g/mol. The van der Waals surface area contributed by atoms with Gasteiger partial charge < -0.3 is 24.8 Å². The Bertz CT molecular complexity index is 779. The molecule has 0 saturated carbocycles. The molecule has 2 aromatic rings. The Morgan fingerprint density at radius 1 is 0.926 bits per heavy atom. The first-order chi connectivity index (χ1) is 11.8. The second-order valence-electron chi connectivity index (χ2n) is 7.45. The summed E-state index contributed by atoms with van der Waals surface area (Å²) in [5, 5.41) is 0. The van der Waals surface area contributed by atoms with Gasteiger partial charge in [0.1, 0.15) is 0 Å². The number of hydrogen-bond acceptors (Lipinski definition) is 0. The van der Waals surface area contributed by atoms with Crippen LogP contribution in [0.5, 0.6) is 0 Å². The van der Waals surface area contributed by atoms with Crippen LogP contribution in [-0.4, -0.2) is 0 Å². The van der Waals surface area contributed by atoms with E-state index in [-0.39, 0.29) is 32.2 Å². The molecule has 2 aliphatic rings. The van der Waals surface area contributed by atoms with Crippen LogP contribution in [0.4, 0.5) is 0 Å². The van der Waals surface area contributed by atoms with Crippen LogP contribution in [0, 0.1) is 0 Å². The van der Waals surface area contributed by atoms with E-state index in [1.807, 2.05) is 3.28 Å². The first kappa shape index (κ1) is 24.4. The summed E-state index contributed by atoms with van der Waals surface area (Å²) in [5.41, 5.74) is 6.20. The molecule has 27 heavy (non-hydrogen) atoms. The minimum absolute atomic E-state index is 0. The summed E-state index contributed by atoms with van der Waals surface area (Å²) >= 11 is -2.53. The minimum atomic E-state index is -2.53. The Morgan fingerprint density at radius 2 is 1.48 bits per heavy atom. The summed E-state index contributed by atoms with van der Waals surface area (Å²) in [5.74, 6) is 0. The van der Waals surface area contributed by atoms with Crippen LogP contribution in [0.15, 0.2) is 70.0 Å². The molecule has 3 heteroatoms. The first-order valence-electron chi connectivity index (χ1n) is 9.30. The summed E-state index contributed by atoms with van der Waals surface area (Å²) in [6, 6.07) is 18.4. The van der Waals surface area contributed by atoms with Gasteiger partial charge in [-0.05, 0) is 0 Å². The fourth-order valence-corrected chi connectivity index (χ4v) is 17.1. The molecule has 0 bridgehead atoms. The van der Waals surface area contributed by atoms with E-state index in [9.17, 15) is 0 Å². The van der Waals surface area contributed by atoms with Gasteiger partial charge in [0.05, 0.1) is 0 Å². The molecule has 0 heterocycles. The van der Waals surface area contributed by atoms with E-state index in [0.29, 0.717) is 3.63 Å². The molecule has 1 unspecified atom stereocenters. The smallest absolute Gasteiger partial charge is 1.00 e. The predicted octanol–water partition coefficient (Wildman–Crippen LogP) is 1.66. The van der Waals surface area contributed by atoms with Crippen LogP contribution in [0.3, 0.4) is 0 Å². The van der Waals surface area contributed by atoms with Gasteiger partial charge >= 0.3 is 151 Å². The van der Waals surface area contributed by atoms with Crippen molar-refractivity contribution in [3.8, 4) is 11.1 Å². The van der Waals surface area contributed by atoms with E-state index in [1.54, 1.807) is 11.1 Å². The Balaban J connectivity index is 0.00000121. The van der Waals surface area contributed by atoms with E-state index >= 15 is 0 Å². The molecule has 0 spiro atoms. The fourth-order valence-electron chi connectivity index (χ4n) is 4.75. The van der Waals surface area contributed by atoms with Gasteiger partial charge in [0.25, 0.3) is 0 Å². The van der Waals surface area contributed by atoms with Crippen molar-refractivity contribution in [3.63, 3.8) is 0 Å². The maximum Gasteiger partial charge on any atom is -1.00 e. The van der Waals surface area contributed by atoms with Gasteiger partial charge in [-0.3, -0.25) is 0 Å². The van der Waals surface area contributed by atoms with Gasteiger partial charge in [0.2, 0.25) is 0 Å². The first-order valence-corrected chi connectivity index (χ1v) is 16.1. The Hall–Kier alpha value is -0.617. The van der Waals surface area contributed by atoms with Crippen LogP contribution in [0.2, 0.25) is 8.76 Å². The molecule has 0 amide bonds. The van der Waals surface area contributed by atoms with Gasteiger partial charge in [-0.2, -0.15) is 0 Å². The molecule has 1 atom stereocenters. The van der Waals surface area contributed by atoms with Gasteiger partial charge in [0, 0.05) is 0 Å². The van der Waals surface area contributed by atoms with Crippen LogP contribution in [0.1, 0.15) is 48.4 Å². The fraction of sp³-hybridized carbons (Fsp3) is 0.333. The predicted molar refractivity (Wildman–Crippen MR) is 108 cm³/mol. The monoisotopic (exact) mass is 478 g/mol. The molecule has 0 aromatic heterocycles. The normalized spacial score (nSPS) is 15.0.